The zero-order valence-corrected chi connectivity index (χ0v) is 17.6. The number of hydrogen-bond acceptors (Lipinski definition) is 3. The molecule has 0 radical (unpaired) electrons. The summed E-state index contributed by atoms with van der Waals surface area (Å²) in [6, 6.07) is 29.2. The summed E-state index contributed by atoms with van der Waals surface area (Å²) in [5.41, 5.74) is 3.75. The quantitative estimate of drug-likeness (QED) is 0.511. The minimum atomic E-state index is -0.123. The van der Waals surface area contributed by atoms with Gasteiger partial charge in [0.15, 0.2) is 11.5 Å². The van der Waals surface area contributed by atoms with E-state index in [1.165, 1.54) is 0 Å². The molecule has 0 unspecified atom stereocenters. The minimum Gasteiger partial charge on any atom is -0.456 e. The second-order valence-electron chi connectivity index (χ2n) is 8.09. The summed E-state index contributed by atoms with van der Waals surface area (Å²) in [6.45, 7) is 1.04. The number of ketones is 1. The zero-order valence-electron chi connectivity index (χ0n) is 17.6. The van der Waals surface area contributed by atoms with Crippen molar-refractivity contribution in [3.8, 4) is 0 Å². The standard InChI is InChI=1S/C28H23NO3/c30-26(22-14-8-3-9-15-22)17-23-16-24(21-12-6-2-7-13-21)25-19-29(28(31)27(25)32-23)18-20-10-4-1-5-11-20/h1-16,24H,17-19H2/t24-/m1/s1. The van der Waals surface area contributed by atoms with Gasteiger partial charge in [0.25, 0.3) is 5.91 Å². The summed E-state index contributed by atoms with van der Waals surface area (Å²) >= 11 is 0. The average molecular weight is 421 g/mol. The summed E-state index contributed by atoms with van der Waals surface area (Å²) in [4.78, 5) is 27.9. The van der Waals surface area contributed by atoms with E-state index in [-0.39, 0.29) is 24.0 Å². The maximum Gasteiger partial charge on any atom is 0.290 e. The van der Waals surface area contributed by atoms with Crippen molar-refractivity contribution in [2.24, 2.45) is 0 Å². The molecule has 0 aliphatic carbocycles. The molecule has 4 heteroatoms. The van der Waals surface area contributed by atoms with Gasteiger partial charge in [0.05, 0.1) is 6.42 Å². The summed E-state index contributed by atoms with van der Waals surface area (Å²) in [5, 5.41) is 0. The maximum absolute atomic E-state index is 13.3. The van der Waals surface area contributed by atoms with E-state index in [0.717, 1.165) is 16.7 Å². The Morgan fingerprint density at radius 3 is 2.19 bits per heavy atom. The number of amides is 1. The summed E-state index contributed by atoms with van der Waals surface area (Å²) in [5.74, 6) is 0.652. The number of rotatable bonds is 6. The van der Waals surface area contributed by atoms with Crippen LogP contribution < -0.4 is 0 Å². The fraction of sp³-hybridized carbons (Fsp3) is 0.143. The Labute approximate surface area is 187 Å². The van der Waals surface area contributed by atoms with Crippen LogP contribution in [0.4, 0.5) is 0 Å². The van der Waals surface area contributed by atoms with Crippen LogP contribution in [0.1, 0.15) is 33.8 Å². The van der Waals surface area contributed by atoms with E-state index >= 15 is 0 Å². The van der Waals surface area contributed by atoms with Gasteiger partial charge in [-0.3, -0.25) is 9.59 Å². The van der Waals surface area contributed by atoms with Crippen molar-refractivity contribution in [2.75, 3.05) is 6.54 Å². The van der Waals surface area contributed by atoms with Crippen LogP contribution in [0, 0.1) is 0 Å². The lowest BCUT2D eigenvalue weighted by atomic mass is 9.88. The van der Waals surface area contributed by atoms with Crippen molar-refractivity contribution in [2.45, 2.75) is 18.9 Å². The van der Waals surface area contributed by atoms with Crippen molar-refractivity contribution in [3.05, 3.63) is 131 Å². The number of benzene rings is 3. The first-order valence-corrected chi connectivity index (χ1v) is 10.8. The highest BCUT2D eigenvalue weighted by atomic mass is 16.5. The molecule has 3 aromatic carbocycles. The third-order valence-corrected chi connectivity index (χ3v) is 5.90. The highest BCUT2D eigenvalue weighted by Crippen LogP contribution is 2.40. The number of nitrogens with zero attached hydrogens (tertiary/aromatic N) is 1. The van der Waals surface area contributed by atoms with Gasteiger partial charge < -0.3 is 9.64 Å². The van der Waals surface area contributed by atoms with Crippen LogP contribution >= 0.6 is 0 Å². The maximum atomic E-state index is 13.3. The van der Waals surface area contributed by atoms with Crippen molar-refractivity contribution in [1.29, 1.82) is 0 Å². The van der Waals surface area contributed by atoms with E-state index in [2.05, 4.69) is 12.1 Å². The molecular formula is C28H23NO3. The van der Waals surface area contributed by atoms with Crippen molar-refractivity contribution in [3.63, 3.8) is 0 Å². The van der Waals surface area contributed by atoms with E-state index in [9.17, 15) is 9.59 Å². The van der Waals surface area contributed by atoms with Crippen LogP contribution in [-0.4, -0.2) is 23.1 Å². The van der Waals surface area contributed by atoms with Gasteiger partial charge in [0, 0.05) is 30.1 Å². The monoisotopic (exact) mass is 421 g/mol. The highest BCUT2D eigenvalue weighted by Gasteiger charge is 2.39. The van der Waals surface area contributed by atoms with Gasteiger partial charge in [0.1, 0.15) is 5.76 Å². The average Bonchev–Trinajstić information content (AvgIpc) is 3.15. The fourth-order valence-electron chi connectivity index (χ4n) is 4.30. The first kappa shape index (κ1) is 20.0. The largest absolute Gasteiger partial charge is 0.456 e. The lowest BCUT2D eigenvalue weighted by Gasteiger charge is -2.23. The summed E-state index contributed by atoms with van der Waals surface area (Å²) in [7, 11) is 0. The molecule has 2 aliphatic heterocycles. The predicted octanol–water partition coefficient (Wildman–Crippen LogP) is 5.25. The van der Waals surface area contributed by atoms with Gasteiger partial charge in [0.2, 0.25) is 0 Å². The molecule has 4 nitrogen and oxygen atoms in total. The molecule has 5 rings (SSSR count). The summed E-state index contributed by atoms with van der Waals surface area (Å²) < 4.78 is 6.06. The third kappa shape index (κ3) is 4.00. The number of ether oxygens (including phenoxy) is 1. The molecule has 2 heterocycles. The van der Waals surface area contributed by atoms with Crippen LogP contribution in [0.5, 0.6) is 0 Å². The number of carbonyl (C=O) groups excluding carboxylic acids is 2. The molecule has 158 valence electrons. The first-order valence-electron chi connectivity index (χ1n) is 10.8. The molecule has 0 fully saturated rings. The SMILES string of the molecule is O=C(CC1=C[C@H](c2ccccc2)C2=C(O1)C(=O)N(Cc1ccccc1)C2)c1ccccc1. The van der Waals surface area contributed by atoms with E-state index in [1.54, 1.807) is 12.1 Å². The lowest BCUT2D eigenvalue weighted by molar-refractivity contribution is -0.128. The van der Waals surface area contributed by atoms with Gasteiger partial charge in [-0.2, -0.15) is 0 Å². The molecule has 0 bridgehead atoms. The van der Waals surface area contributed by atoms with Crippen LogP contribution in [-0.2, 0) is 16.1 Å². The number of allylic oxidation sites excluding steroid dienone is 2. The molecule has 0 saturated heterocycles. The van der Waals surface area contributed by atoms with Gasteiger partial charge in [-0.25, -0.2) is 0 Å². The molecule has 0 N–H and O–H groups in total. The Morgan fingerprint density at radius 1 is 0.875 bits per heavy atom. The molecule has 3 aromatic rings. The van der Waals surface area contributed by atoms with Gasteiger partial charge in [-0.05, 0) is 17.2 Å². The van der Waals surface area contributed by atoms with Crippen molar-refractivity contribution >= 4 is 11.7 Å². The first-order chi connectivity index (χ1) is 15.7. The highest BCUT2D eigenvalue weighted by molar-refractivity contribution is 5.98. The Bertz CT molecular complexity index is 1200. The van der Waals surface area contributed by atoms with E-state index in [4.69, 9.17) is 4.74 Å². The second-order valence-corrected chi connectivity index (χ2v) is 8.09. The Balaban J connectivity index is 1.43. The van der Waals surface area contributed by atoms with E-state index < -0.39 is 0 Å². The van der Waals surface area contributed by atoms with Gasteiger partial charge >= 0.3 is 0 Å². The van der Waals surface area contributed by atoms with Crippen LogP contribution in [0.15, 0.2) is 114 Å². The van der Waals surface area contributed by atoms with E-state index in [0.29, 0.717) is 30.2 Å². The van der Waals surface area contributed by atoms with Crippen LogP contribution in [0.3, 0.4) is 0 Å². The van der Waals surface area contributed by atoms with Crippen LogP contribution in [0.2, 0.25) is 0 Å². The molecule has 1 amide bonds. The molecule has 0 saturated carbocycles. The van der Waals surface area contributed by atoms with Crippen LogP contribution in [0.25, 0.3) is 0 Å². The molecule has 32 heavy (non-hydrogen) atoms. The molecule has 1 atom stereocenters. The summed E-state index contributed by atoms with van der Waals surface area (Å²) in [6.07, 6.45) is 2.12. The minimum absolute atomic E-state index is 0.0284. The molecule has 2 aliphatic rings. The Morgan fingerprint density at radius 2 is 1.50 bits per heavy atom. The number of carbonyl (C=O) groups is 2. The van der Waals surface area contributed by atoms with Crippen molar-refractivity contribution < 1.29 is 14.3 Å². The second kappa shape index (κ2) is 8.67. The molecule has 0 aromatic heterocycles. The molecular weight excluding hydrogens is 398 g/mol. The topological polar surface area (TPSA) is 46.6 Å². The Kier molecular flexibility index (Phi) is 5.42. The third-order valence-electron chi connectivity index (χ3n) is 5.90. The lowest BCUT2D eigenvalue weighted by Crippen LogP contribution is -2.27. The smallest absolute Gasteiger partial charge is 0.290 e. The number of hydrogen-bond donors (Lipinski definition) is 0. The van der Waals surface area contributed by atoms with Crippen molar-refractivity contribution in [1.82, 2.24) is 4.90 Å². The fourth-order valence-corrected chi connectivity index (χ4v) is 4.30. The predicted molar refractivity (Wildman–Crippen MR) is 123 cm³/mol. The van der Waals surface area contributed by atoms with Gasteiger partial charge in [-0.1, -0.05) is 91.0 Å². The Hall–Kier alpha value is -3.92. The zero-order chi connectivity index (χ0) is 21.9. The van der Waals surface area contributed by atoms with E-state index in [1.807, 2.05) is 77.7 Å². The normalized spacial score (nSPS) is 17.6. The molecule has 0 spiro atoms. The number of Topliss-reactive ketones (excluding diaryl/α,β-unsaturated/α-hetero) is 1. The van der Waals surface area contributed by atoms with Gasteiger partial charge in [-0.15, -0.1) is 0 Å².